The molecule has 0 bridgehead atoms. The van der Waals surface area contributed by atoms with Gasteiger partial charge in [-0.2, -0.15) is 0 Å². The Kier molecular flexibility index (Phi) is 4.67. The molecule has 1 rings (SSSR count). The van der Waals surface area contributed by atoms with Crippen molar-refractivity contribution in [3.8, 4) is 0 Å². The molecule has 90 valence electrons. The van der Waals surface area contributed by atoms with Crippen molar-refractivity contribution in [2.24, 2.45) is 0 Å². The normalized spacial score (nSPS) is 11.7. The number of rotatable bonds is 5. The largest absolute Gasteiger partial charge is 0.383 e. The van der Waals surface area contributed by atoms with Crippen molar-refractivity contribution < 1.29 is 17.5 Å². The lowest BCUT2D eigenvalue weighted by Gasteiger charge is -2.07. The summed E-state index contributed by atoms with van der Waals surface area (Å²) in [4.78, 5) is -0.423. The second-order valence-corrected chi connectivity index (χ2v) is 5.14. The summed E-state index contributed by atoms with van der Waals surface area (Å²) >= 11 is 5.52. The van der Waals surface area contributed by atoms with E-state index in [2.05, 4.69) is 9.46 Å². The fourth-order valence-corrected chi connectivity index (χ4v) is 2.28. The maximum atomic E-state index is 13.3. The summed E-state index contributed by atoms with van der Waals surface area (Å²) in [5, 5.41) is 0.147. The quantitative estimate of drug-likeness (QED) is 0.821. The first-order valence-electron chi connectivity index (χ1n) is 4.41. The SMILES string of the molecule is COCCNS(=O)(=O)c1ccc(Cl)cc1F. The van der Waals surface area contributed by atoms with E-state index in [4.69, 9.17) is 11.6 Å². The molecular formula is C9H11ClFNO3S. The molecule has 0 saturated heterocycles. The first kappa shape index (κ1) is 13.4. The molecule has 0 radical (unpaired) electrons. The molecule has 0 saturated carbocycles. The van der Waals surface area contributed by atoms with Crippen molar-refractivity contribution in [1.29, 1.82) is 0 Å². The second-order valence-electron chi connectivity index (χ2n) is 2.97. The van der Waals surface area contributed by atoms with Crippen LogP contribution in [-0.2, 0) is 14.8 Å². The molecule has 0 aliphatic heterocycles. The van der Waals surface area contributed by atoms with Gasteiger partial charge in [0.05, 0.1) is 6.61 Å². The van der Waals surface area contributed by atoms with E-state index in [-0.39, 0.29) is 18.2 Å². The first-order chi connectivity index (χ1) is 7.47. The van der Waals surface area contributed by atoms with Crippen LogP contribution in [0.4, 0.5) is 4.39 Å². The summed E-state index contributed by atoms with van der Waals surface area (Å²) in [6.45, 7) is 0.301. The average Bonchev–Trinajstić information content (AvgIpc) is 2.17. The predicted molar refractivity (Wildman–Crippen MR) is 58.5 cm³/mol. The Morgan fingerprint density at radius 3 is 2.75 bits per heavy atom. The van der Waals surface area contributed by atoms with Crippen LogP contribution in [0.1, 0.15) is 0 Å². The molecule has 1 aromatic carbocycles. The zero-order chi connectivity index (χ0) is 12.2. The zero-order valence-electron chi connectivity index (χ0n) is 8.54. The highest BCUT2D eigenvalue weighted by Gasteiger charge is 2.18. The molecule has 1 N–H and O–H groups in total. The van der Waals surface area contributed by atoms with Crippen LogP contribution in [0, 0.1) is 5.82 Å². The topological polar surface area (TPSA) is 55.4 Å². The van der Waals surface area contributed by atoms with Gasteiger partial charge in [-0.1, -0.05) is 11.6 Å². The summed E-state index contributed by atoms with van der Waals surface area (Å²) in [5.41, 5.74) is 0. The highest BCUT2D eigenvalue weighted by Crippen LogP contribution is 2.18. The van der Waals surface area contributed by atoms with E-state index < -0.39 is 20.7 Å². The van der Waals surface area contributed by atoms with Crippen LogP contribution in [0.15, 0.2) is 23.1 Å². The van der Waals surface area contributed by atoms with E-state index in [1.807, 2.05) is 0 Å². The molecule has 16 heavy (non-hydrogen) atoms. The van der Waals surface area contributed by atoms with Gasteiger partial charge in [0, 0.05) is 18.7 Å². The van der Waals surface area contributed by atoms with E-state index in [9.17, 15) is 12.8 Å². The fourth-order valence-electron chi connectivity index (χ4n) is 1.05. The van der Waals surface area contributed by atoms with E-state index in [0.717, 1.165) is 12.1 Å². The van der Waals surface area contributed by atoms with Gasteiger partial charge in [0.1, 0.15) is 10.7 Å². The highest BCUT2D eigenvalue weighted by atomic mass is 35.5. The lowest BCUT2D eigenvalue weighted by atomic mass is 10.3. The lowest BCUT2D eigenvalue weighted by molar-refractivity contribution is 0.204. The zero-order valence-corrected chi connectivity index (χ0v) is 10.1. The minimum atomic E-state index is -3.84. The van der Waals surface area contributed by atoms with Gasteiger partial charge in [-0.25, -0.2) is 17.5 Å². The van der Waals surface area contributed by atoms with Gasteiger partial charge in [-0.15, -0.1) is 0 Å². The number of hydrogen-bond donors (Lipinski definition) is 1. The molecule has 0 fully saturated rings. The molecule has 0 spiro atoms. The summed E-state index contributed by atoms with van der Waals surface area (Å²) in [6.07, 6.45) is 0. The number of methoxy groups -OCH3 is 1. The Morgan fingerprint density at radius 1 is 1.50 bits per heavy atom. The van der Waals surface area contributed by atoms with Crippen LogP contribution in [0.5, 0.6) is 0 Å². The molecule has 0 aliphatic carbocycles. The molecule has 0 aliphatic rings. The van der Waals surface area contributed by atoms with Crippen LogP contribution >= 0.6 is 11.6 Å². The van der Waals surface area contributed by atoms with E-state index in [0.29, 0.717) is 0 Å². The van der Waals surface area contributed by atoms with E-state index >= 15 is 0 Å². The number of hydrogen-bond acceptors (Lipinski definition) is 3. The Labute approximate surface area is 98.4 Å². The third kappa shape index (κ3) is 3.41. The predicted octanol–water partition coefficient (Wildman–Crippen LogP) is 1.40. The number of ether oxygens (including phenoxy) is 1. The van der Waals surface area contributed by atoms with Crippen LogP contribution in [0.3, 0.4) is 0 Å². The molecule has 7 heteroatoms. The van der Waals surface area contributed by atoms with Crippen LogP contribution in [0.2, 0.25) is 5.02 Å². The summed E-state index contributed by atoms with van der Waals surface area (Å²) in [5.74, 6) is -0.877. The molecular weight excluding hydrogens is 257 g/mol. The smallest absolute Gasteiger partial charge is 0.243 e. The maximum absolute atomic E-state index is 13.3. The van der Waals surface area contributed by atoms with E-state index in [1.165, 1.54) is 13.2 Å². The summed E-state index contributed by atoms with van der Waals surface area (Å²) in [6, 6.07) is 3.38. The van der Waals surface area contributed by atoms with Crippen LogP contribution in [-0.4, -0.2) is 28.7 Å². The van der Waals surface area contributed by atoms with Gasteiger partial charge >= 0.3 is 0 Å². The van der Waals surface area contributed by atoms with Gasteiger partial charge in [-0.05, 0) is 18.2 Å². The molecule has 0 aromatic heterocycles. The lowest BCUT2D eigenvalue weighted by Crippen LogP contribution is -2.27. The Balaban J connectivity index is 2.90. The number of benzene rings is 1. The van der Waals surface area contributed by atoms with Gasteiger partial charge in [0.15, 0.2) is 0 Å². The minimum absolute atomic E-state index is 0.0842. The number of nitrogens with one attached hydrogen (secondary N) is 1. The maximum Gasteiger partial charge on any atom is 0.243 e. The number of sulfonamides is 1. The first-order valence-corrected chi connectivity index (χ1v) is 6.27. The summed E-state index contributed by atoms with van der Waals surface area (Å²) in [7, 11) is -2.40. The molecule has 0 unspecified atom stereocenters. The van der Waals surface area contributed by atoms with Crippen molar-refractivity contribution >= 4 is 21.6 Å². The average molecular weight is 268 g/mol. The van der Waals surface area contributed by atoms with Crippen molar-refractivity contribution in [3.05, 3.63) is 29.0 Å². The Hall–Kier alpha value is -0.690. The third-order valence-corrected chi connectivity index (χ3v) is 3.51. The number of halogens is 2. The van der Waals surface area contributed by atoms with Crippen molar-refractivity contribution in [2.75, 3.05) is 20.3 Å². The summed E-state index contributed by atoms with van der Waals surface area (Å²) < 4.78 is 43.4. The monoisotopic (exact) mass is 267 g/mol. The van der Waals surface area contributed by atoms with E-state index in [1.54, 1.807) is 0 Å². The fraction of sp³-hybridized carbons (Fsp3) is 0.333. The Bertz CT molecular complexity index is 464. The Morgan fingerprint density at radius 2 is 2.19 bits per heavy atom. The molecule has 4 nitrogen and oxygen atoms in total. The standard InChI is InChI=1S/C9H11ClFNO3S/c1-15-5-4-12-16(13,14)9-3-2-7(10)6-8(9)11/h2-3,6,12H,4-5H2,1H3. The van der Waals surface area contributed by atoms with Crippen molar-refractivity contribution in [2.45, 2.75) is 4.90 Å². The molecule has 1 aromatic rings. The minimum Gasteiger partial charge on any atom is -0.383 e. The van der Waals surface area contributed by atoms with Gasteiger partial charge < -0.3 is 4.74 Å². The van der Waals surface area contributed by atoms with Gasteiger partial charge in [0.25, 0.3) is 0 Å². The van der Waals surface area contributed by atoms with Crippen LogP contribution in [0.25, 0.3) is 0 Å². The van der Waals surface area contributed by atoms with Crippen molar-refractivity contribution in [1.82, 2.24) is 4.72 Å². The second kappa shape index (κ2) is 5.58. The highest BCUT2D eigenvalue weighted by molar-refractivity contribution is 7.89. The van der Waals surface area contributed by atoms with Gasteiger partial charge in [0.2, 0.25) is 10.0 Å². The third-order valence-electron chi connectivity index (χ3n) is 1.78. The van der Waals surface area contributed by atoms with Gasteiger partial charge in [-0.3, -0.25) is 0 Å². The molecule has 0 amide bonds. The molecule has 0 atom stereocenters. The van der Waals surface area contributed by atoms with Crippen molar-refractivity contribution in [3.63, 3.8) is 0 Å². The molecule has 0 heterocycles. The van der Waals surface area contributed by atoms with Crippen LogP contribution < -0.4 is 4.72 Å².